The Hall–Kier alpha value is -3.79. The van der Waals surface area contributed by atoms with Gasteiger partial charge in [0.1, 0.15) is 5.65 Å². The third kappa shape index (κ3) is 1.77. The van der Waals surface area contributed by atoms with Crippen LogP contribution in [0, 0.1) is 0 Å². The highest BCUT2D eigenvalue weighted by Gasteiger charge is 2.18. The molecule has 0 aliphatic heterocycles. The number of Topliss-reactive ketones (excluding diaryl/α,β-unsaturated/α-hetero) is 1. The molecular weight excluding hydrogens is 348 g/mol. The summed E-state index contributed by atoms with van der Waals surface area (Å²) in [5.41, 5.74) is 2.84. The van der Waals surface area contributed by atoms with Gasteiger partial charge in [0.25, 0.3) is 5.56 Å². The minimum Gasteiger partial charge on any atom is -0.294 e. The zero-order valence-corrected chi connectivity index (χ0v) is 15.1. The second-order valence-electron chi connectivity index (χ2n) is 7.17. The maximum Gasteiger partial charge on any atom is 0.264 e. The van der Waals surface area contributed by atoms with E-state index in [0.29, 0.717) is 16.6 Å². The summed E-state index contributed by atoms with van der Waals surface area (Å²) < 4.78 is 1.71. The molecule has 0 atom stereocenters. The number of benzene rings is 4. The molecule has 2 aromatic heterocycles. The molecule has 0 saturated heterocycles. The van der Waals surface area contributed by atoms with E-state index in [1.54, 1.807) is 11.3 Å². The first-order valence-electron chi connectivity index (χ1n) is 9.17. The van der Waals surface area contributed by atoms with Crippen molar-refractivity contribution in [1.29, 1.82) is 0 Å². The van der Waals surface area contributed by atoms with Crippen molar-refractivity contribution in [2.45, 2.75) is 6.92 Å². The van der Waals surface area contributed by atoms with Crippen LogP contribution in [0.4, 0.5) is 0 Å². The van der Waals surface area contributed by atoms with E-state index in [0.717, 1.165) is 38.0 Å². The van der Waals surface area contributed by atoms with Crippen LogP contribution in [0.3, 0.4) is 0 Å². The minimum atomic E-state index is -0.112. The average molecular weight is 362 g/mol. The number of carbonyl (C=O) groups is 1. The molecule has 0 saturated carbocycles. The van der Waals surface area contributed by atoms with Gasteiger partial charge in [-0.15, -0.1) is 0 Å². The molecule has 0 fully saturated rings. The highest BCUT2D eigenvalue weighted by atomic mass is 16.1. The highest BCUT2D eigenvalue weighted by molar-refractivity contribution is 6.21. The highest BCUT2D eigenvalue weighted by Crippen LogP contribution is 2.33. The zero-order valence-electron chi connectivity index (χ0n) is 15.1. The molecule has 0 unspecified atom stereocenters. The number of fused-ring (bicyclic) bond motifs is 3. The fraction of sp³-hybridized carbons (Fsp3) is 0.0417. The lowest BCUT2D eigenvalue weighted by Gasteiger charge is -2.15. The molecule has 0 radical (unpaired) electrons. The van der Waals surface area contributed by atoms with Crippen molar-refractivity contribution in [2.75, 3.05) is 0 Å². The first-order chi connectivity index (χ1) is 13.6. The molecule has 2 heterocycles. The van der Waals surface area contributed by atoms with Crippen LogP contribution in [0.5, 0.6) is 0 Å². The van der Waals surface area contributed by atoms with Gasteiger partial charge < -0.3 is 0 Å². The molecule has 0 aliphatic rings. The largest absolute Gasteiger partial charge is 0.294 e. The Morgan fingerprint density at radius 1 is 0.821 bits per heavy atom. The number of hydrogen-bond acceptors (Lipinski definition) is 3. The normalized spacial score (nSPS) is 12.0. The van der Waals surface area contributed by atoms with E-state index in [1.807, 2.05) is 66.7 Å². The molecule has 0 N–H and O–H groups in total. The molecule has 4 aromatic carbocycles. The Kier molecular flexibility index (Phi) is 2.80. The number of pyridine rings is 1. The van der Waals surface area contributed by atoms with Crippen LogP contribution in [-0.4, -0.2) is 15.2 Å². The van der Waals surface area contributed by atoms with Gasteiger partial charge in [0.15, 0.2) is 5.78 Å². The molecule has 6 aromatic rings. The maximum absolute atomic E-state index is 13.5. The second kappa shape index (κ2) is 5.14. The number of carbonyl (C=O) groups excluding carboxylic acids is 1. The Labute approximate surface area is 159 Å². The Morgan fingerprint density at radius 2 is 1.57 bits per heavy atom. The van der Waals surface area contributed by atoms with Crippen molar-refractivity contribution in [3.8, 4) is 0 Å². The lowest BCUT2D eigenvalue weighted by atomic mass is 9.96. The predicted molar refractivity (Wildman–Crippen MR) is 113 cm³/mol. The summed E-state index contributed by atoms with van der Waals surface area (Å²) in [4.78, 5) is 30.5. The average Bonchev–Trinajstić information content (AvgIpc) is 2.71. The van der Waals surface area contributed by atoms with Crippen molar-refractivity contribution in [1.82, 2.24) is 9.38 Å². The Balaban J connectivity index is 2.01. The van der Waals surface area contributed by atoms with Gasteiger partial charge in [-0.05, 0) is 42.0 Å². The lowest BCUT2D eigenvalue weighted by molar-refractivity contribution is 0.101. The van der Waals surface area contributed by atoms with Crippen molar-refractivity contribution in [3.63, 3.8) is 0 Å². The molecule has 0 aliphatic carbocycles. The van der Waals surface area contributed by atoms with Crippen molar-refractivity contribution >= 4 is 54.8 Å². The summed E-state index contributed by atoms with van der Waals surface area (Å²) in [6, 6.07) is 21.3. The monoisotopic (exact) mass is 362 g/mol. The van der Waals surface area contributed by atoms with Gasteiger partial charge >= 0.3 is 0 Å². The van der Waals surface area contributed by atoms with Gasteiger partial charge in [-0.3, -0.25) is 14.0 Å². The summed E-state index contributed by atoms with van der Waals surface area (Å²) in [5.74, 6) is -0.0146. The second-order valence-corrected chi connectivity index (χ2v) is 7.17. The van der Waals surface area contributed by atoms with E-state index >= 15 is 0 Å². The van der Waals surface area contributed by atoms with Gasteiger partial charge in [0.05, 0.1) is 11.0 Å². The Bertz CT molecular complexity index is 1660. The van der Waals surface area contributed by atoms with Gasteiger partial charge in [-0.2, -0.15) is 0 Å². The fourth-order valence-corrected chi connectivity index (χ4v) is 4.44. The number of ketones is 1. The smallest absolute Gasteiger partial charge is 0.264 e. The van der Waals surface area contributed by atoms with Crippen LogP contribution >= 0.6 is 0 Å². The SMILES string of the molecule is CC(=O)c1ccc2c3c1cccc3c(=O)n1c3cccc4cccc(nc21)c43. The molecule has 4 heteroatoms. The summed E-state index contributed by atoms with van der Waals surface area (Å²) in [5, 5.41) is 5.13. The van der Waals surface area contributed by atoms with Gasteiger partial charge in [-0.1, -0.05) is 42.5 Å². The molecule has 132 valence electrons. The van der Waals surface area contributed by atoms with Crippen LogP contribution < -0.4 is 5.56 Å². The van der Waals surface area contributed by atoms with Crippen molar-refractivity contribution in [3.05, 3.63) is 82.6 Å². The summed E-state index contributed by atoms with van der Waals surface area (Å²) in [6.45, 7) is 1.55. The van der Waals surface area contributed by atoms with Gasteiger partial charge in [0.2, 0.25) is 0 Å². The van der Waals surface area contributed by atoms with Crippen LogP contribution in [-0.2, 0) is 0 Å². The Morgan fingerprint density at radius 3 is 2.39 bits per heavy atom. The number of aromatic nitrogens is 2. The summed E-state index contributed by atoms with van der Waals surface area (Å²) in [7, 11) is 0. The number of rotatable bonds is 1. The molecule has 28 heavy (non-hydrogen) atoms. The maximum atomic E-state index is 13.5. The standard InChI is InChI=1S/C24H14N2O2/c1-13(27)15-11-12-17-22-16(15)7-4-8-18(22)24(28)26-20-10-3-6-14-5-2-9-19(21(14)20)25-23(17)26/h2-12H,1H3. The number of nitrogens with zero attached hydrogens (tertiary/aromatic N) is 2. The zero-order chi connectivity index (χ0) is 19.0. The van der Waals surface area contributed by atoms with Crippen molar-refractivity contribution < 1.29 is 4.79 Å². The predicted octanol–water partition coefficient (Wildman–Crippen LogP) is 4.95. The van der Waals surface area contributed by atoms with E-state index in [2.05, 4.69) is 0 Å². The molecular formula is C24H14N2O2. The van der Waals surface area contributed by atoms with Crippen LogP contribution in [0.2, 0.25) is 0 Å². The van der Waals surface area contributed by atoms with E-state index in [1.165, 1.54) is 0 Å². The third-order valence-electron chi connectivity index (χ3n) is 5.63. The first-order valence-corrected chi connectivity index (χ1v) is 9.17. The van der Waals surface area contributed by atoms with E-state index in [4.69, 9.17) is 4.98 Å². The van der Waals surface area contributed by atoms with Gasteiger partial charge in [-0.25, -0.2) is 4.98 Å². The van der Waals surface area contributed by atoms with Crippen LogP contribution in [0.1, 0.15) is 17.3 Å². The summed E-state index contributed by atoms with van der Waals surface area (Å²) >= 11 is 0. The third-order valence-corrected chi connectivity index (χ3v) is 5.63. The van der Waals surface area contributed by atoms with Crippen molar-refractivity contribution in [2.24, 2.45) is 0 Å². The molecule has 0 amide bonds. The first kappa shape index (κ1) is 15.3. The molecule has 0 spiro atoms. The number of hydrogen-bond donors (Lipinski definition) is 0. The minimum absolute atomic E-state index is 0.0146. The summed E-state index contributed by atoms with van der Waals surface area (Å²) in [6.07, 6.45) is 0. The fourth-order valence-electron chi connectivity index (χ4n) is 4.44. The van der Waals surface area contributed by atoms with Gasteiger partial charge in [0, 0.05) is 27.1 Å². The van der Waals surface area contributed by atoms with Crippen LogP contribution in [0.15, 0.2) is 71.5 Å². The molecule has 4 nitrogen and oxygen atoms in total. The van der Waals surface area contributed by atoms with Crippen LogP contribution in [0.25, 0.3) is 49.0 Å². The quantitative estimate of drug-likeness (QED) is 0.236. The topological polar surface area (TPSA) is 51.4 Å². The van der Waals surface area contributed by atoms with E-state index in [9.17, 15) is 9.59 Å². The van der Waals surface area contributed by atoms with E-state index < -0.39 is 0 Å². The lowest BCUT2D eigenvalue weighted by Crippen LogP contribution is -2.17. The molecule has 6 rings (SSSR count). The van der Waals surface area contributed by atoms with E-state index in [-0.39, 0.29) is 11.3 Å². The molecule has 0 bridgehead atoms.